The SMILES string of the molecule is COc1ccc(-n2nc3c(N4CCC[C@H](C(=O)NCc5ccccc5)C4)nnc(C)c3c2C)cc1. The first-order valence-corrected chi connectivity index (χ1v) is 12.0. The molecule has 2 aromatic carbocycles. The summed E-state index contributed by atoms with van der Waals surface area (Å²) in [5, 5.41) is 18.1. The molecule has 0 bridgehead atoms. The lowest BCUT2D eigenvalue weighted by Crippen LogP contribution is -2.43. The van der Waals surface area contributed by atoms with Gasteiger partial charge in [0.25, 0.3) is 0 Å². The summed E-state index contributed by atoms with van der Waals surface area (Å²) < 4.78 is 7.22. The minimum Gasteiger partial charge on any atom is -0.497 e. The number of nitrogens with one attached hydrogen (secondary N) is 1. The van der Waals surface area contributed by atoms with Gasteiger partial charge in [-0.25, -0.2) is 4.68 Å². The van der Waals surface area contributed by atoms with E-state index in [9.17, 15) is 4.79 Å². The van der Waals surface area contributed by atoms with Gasteiger partial charge in [-0.3, -0.25) is 4.79 Å². The summed E-state index contributed by atoms with van der Waals surface area (Å²) in [5.41, 5.74) is 4.71. The van der Waals surface area contributed by atoms with E-state index in [2.05, 4.69) is 20.4 Å². The number of methoxy groups -OCH3 is 1. The number of fused-ring (bicyclic) bond motifs is 1. The van der Waals surface area contributed by atoms with Crippen LogP contribution in [-0.4, -0.2) is 46.1 Å². The van der Waals surface area contributed by atoms with Crippen molar-refractivity contribution in [3.63, 3.8) is 0 Å². The molecule has 0 saturated carbocycles. The fraction of sp³-hybridized carbons (Fsp3) is 0.333. The topological polar surface area (TPSA) is 85.2 Å². The normalized spacial score (nSPS) is 15.9. The molecule has 8 heteroatoms. The van der Waals surface area contributed by atoms with Crippen LogP contribution in [0.15, 0.2) is 54.6 Å². The summed E-state index contributed by atoms with van der Waals surface area (Å²) in [6, 6.07) is 17.8. The third kappa shape index (κ3) is 4.56. The third-order valence-electron chi connectivity index (χ3n) is 6.70. The van der Waals surface area contributed by atoms with Crippen molar-refractivity contribution in [1.29, 1.82) is 0 Å². The summed E-state index contributed by atoms with van der Waals surface area (Å²) in [6.45, 7) is 5.97. The second kappa shape index (κ2) is 9.74. The minimum atomic E-state index is -0.101. The highest BCUT2D eigenvalue weighted by molar-refractivity contribution is 5.92. The number of hydrogen-bond donors (Lipinski definition) is 1. The number of rotatable bonds is 6. The minimum absolute atomic E-state index is 0.0785. The molecule has 1 fully saturated rings. The Balaban J connectivity index is 1.40. The molecule has 1 aliphatic heterocycles. The summed E-state index contributed by atoms with van der Waals surface area (Å²) in [6.07, 6.45) is 1.78. The van der Waals surface area contributed by atoms with Crippen molar-refractivity contribution in [2.45, 2.75) is 33.2 Å². The van der Waals surface area contributed by atoms with Crippen molar-refractivity contribution in [3.05, 3.63) is 71.5 Å². The van der Waals surface area contributed by atoms with Crippen LogP contribution in [0.25, 0.3) is 16.6 Å². The Bertz CT molecular complexity index is 1330. The van der Waals surface area contributed by atoms with Gasteiger partial charge < -0.3 is 15.0 Å². The number of anilines is 1. The first kappa shape index (κ1) is 22.8. The summed E-state index contributed by atoms with van der Waals surface area (Å²) >= 11 is 0. The Morgan fingerprint density at radius 3 is 2.60 bits per heavy atom. The van der Waals surface area contributed by atoms with Crippen molar-refractivity contribution >= 4 is 22.6 Å². The zero-order valence-corrected chi connectivity index (χ0v) is 20.4. The van der Waals surface area contributed by atoms with Gasteiger partial charge in [-0.05, 0) is 56.5 Å². The molecule has 8 nitrogen and oxygen atoms in total. The number of hydrogen-bond acceptors (Lipinski definition) is 6. The van der Waals surface area contributed by atoms with Crippen LogP contribution < -0.4 is 15.0 Å². The highest BCUT2D eigenvalue weighted by Gasteiger charge is 2.29. The molecule has 1 saturated heterocycles. The Labute approximate surface area is 204 Å². The van der Waals surface area contributed by atoms with Crippen LogP contribution >= 0.6 is 0 Å². The van der Waals surface area contributed by atoms with Gasteiger partial charge in [0.05, 0.1) is 35.5 Å². The van der Waals surface area contributed by atoms with Gasteiger partial charge in [0.15, 0.2) is 5.82 Å². The van der Waals surface area contributed by atoms with Crippen molar-refractivity contribution in [2.24, 2.45) is 5.92 Å². The number of amides is 1. The van der Waals surface area contributed by atoms with Crippen LogP contribution in [0.4, 0.5) is 5.82 Å². The predicted molar refractivity (Wildman–Crippen MR) is 136 cm³/mol. The molecule has 1 atom stereocenters. The number of benzene rings is 2. The molecule has 180 valence electrons. The van der Waals surface area contributed by atoms with Gasteiger partial charge in [0, 0.05) is 19.6 Å². The molecule has 0 radical (unpaired) electrons. The molecule has 4 aromatic rings. The van der Waals surface area contributed by atoms with Gasteiger partial charge in [-0.15, -0.1) is 5.10 Å². The molecule has 1 N–H and O–H groups in total. The second-order valence-corrected chi connectivity index (χ2v) is 9.02. The maximum absolute atomic E-state index is 13.0. The molecule has 0 spiro atoms. The smallest absolute Gasteiger partial charge is 0.225 e. The van der Waals surface area contributed by atoms with Crippen LogP contribution in [-0.2, 0) is 11.3 Å². The second-order valence-electron chi connectivity index (χ2n) is 9.02. The highest BCUT2D eigenvalue weighted by atomic mass is 16.5. The molecule has 35 heavy (non-hydrogen) atoms. The Morgan fingerprint density at radius 2 is 1.86 bits per heavy atom. The lowest BCUT2D eigenvalue weighted by Gasteiger charge is -2.32. The summed E-state index contributed by atoms with van der Waals surface area (Å²) in [5.74, 6) is 1.51. The fourth-order valence-electron chi connectivity index (χ4n) is 4.81. The van der Waals surface area contributed by atoms with Gasteiger partial charge in [-0.1, -0.05) is 30.3 Å². The van der Waals surface area contributed by atoms with Gasteiger partial charge >= 0.3 is 0 Å². The van der Waals surface area contributed by atoms with Crippen LogP contribution in [0, 0.1) is 19.8 Å². The van der Waals surface area contributed by atoms with Crippen LogP contribution in [0.2, 0.25) is 0 Å². The van der Waals surface area contributed by atoms with Crippen LogP contribution in [0.5, 0.6) is 5.75 Å². The van der Waals surface area contributed by atoms with Crippen molar-refractivity contribution < 1.29 is 9.53 Å². The average Bonchev–Trinajstić information content (AvgIpc) is 3.26. The molecule has 1 aliphatic rings. The molecule has 1 amide bonds. The number of aryl methyl sites for hydroxylation is 2. The van der Waals surface area contributed by atoms with E-state index in [4.69, 9.17) is 9.84 Å². The standard InChI is InChI=1S/C27H30N6O2/c1-18-24-19(2)33(22-11-13-23(35-3)14-12-22)31-25(24)26(30-29-18)32-15-7-10-21(17-32)27(34)28-16-20-8-5-4-6-9-20/h4-6,8-9,11-14,21H,7,10,15-17H2,1-3H3,(H,28,34)/t21-/m0/s1. The number of ether oxygens (including phenoxy) is 1. The molecule has 2 aromatic heterocycles. The monoisotopic (exact) mass is 470 g/mol. The van der Waals surface area contributed by atoms with Gasteiger partial charge in [0.1, 0.15) is 11.3 Å². The maximum atomic E-state index is 13.0. The zero-order chi connectivity index (χ0) is 24.4. The van der Waals surface area contributed by atoms with E-state index in [1.807, 2.05) is 73.1 Å². The summed E-state index contributed by atoms with van der Waals surface area (Å²) in [7, 11) is 1.66. The third-order valence-corrected chi connectivity index (χ3v) is 6.70. The lowest BCUT2D eigenvalue weighted by molar-refractivity contribution is -0.125. The number of carbonyl (C=O) groups excluding carboxylic acids is 1. The summed E-state index contributed by atoms with van der Waals surface area (Å²) in [4.78, 5) is 15.1. The van der Waals surface area contributed by atoms with E-state index in [1.54, 1.807) is 7.11 Å². The average molecular weight is 471 g/mol. The maximum Gasteiger partial charge on any atom is 0.225 e. The number of carbonyl (C=O) groups is 1. The molecular formula is C27H30N6O2. The Kier molecular flexibility index (Phi) is 6.35. The highest BCUT2D eigenvalue weighted by Crippen LogP contribution is 2.32. The van der Waals surface area contributed by atoms with Gasteiger partial charge in [0.2, 0.25) is 5.91 Å². The van der Waals surface area contributed by atoms with E-state index in [0.717, 1.165) is 64.5 Å². The number of nitrogens with zero attached hydrogens (tertiary/aromatic N) is 5. The molecule has 5 rings (SSSR count). The van der Waals surface area contributed by atoms with E-state index in [-0.39, 0.29) is 11.8 Å². The number of piperidine rings is 1. The van der Waals surface area contributed by atoms with Crippen molar-refractivity contribution in [1.82, 2.24) is 25.3 Å². The van der Waals surface area contributed by atoms with Gasteiger partial charge in [-0.2, -0.15) is 10.2 Å². The largest absolute Gasteiger partial charge is 0.497 e. The molecule has 0 unspecified atom stereocenters. The first-order chi connectivity index (χ1) is 17.0. The Hall–Kier alpha value is -3.94. The zero-order valence-electron chi connectivity index (χ0n) is 20.4. The lowest BCUT2D eigenvalue weighted by atomic mass is 9.97. The Morgan fingerprint density at radius 1 is 1.09 bits per heavy atom. The van der Waals surface area contributed by atoms with E-state index in [0.29, 0.717) is 13.1 Å². The fourth-order valence-corrected chi connectivity index (χ4v) is 4.81. The van der Waals surface area contributed by atoms with E-state index in [1.165, 1.54) is 0 Å². The van der Waals surface area contributed by atoms with Crippen molar-refractivity contribution in [3.8, 4) is 11.4 Å². The first-order valence-electron chi connectivity index (χ1n) is 12.0. The van der Waals surface area contributed by atoms with E-state index < -0.39 is 0 Å². The van der Waals surface area contributed by atoms with Crippen LogP contribution in [0.3, 0.4) is 0 Å². The molecular weight excluding hydrogens is 440 g/mol. The van der Waals surface area contributed by atoms with Crippen LogP contribution in [0.1, 0.15) is 29.8 Å². The molecule has 0 aliphatic carbocycles. The molecule has 3 heterocycles. The quantitative estimate of drug-likeness (QED) is 0.459. The van der Waals surface area contributed by atoms with Crippen molar-refractivity contribution in [2.75, 3.05) is 25.1 Å². The van der Waals surface area contributed by atoms with E-state index >= 15 is 0 Å². The predicted octanol–water partition coefficient (Wildman–Crippen LogP) is 3.97. The number of aromatic nitrogens is 4.